The van der Waals surface area contributed by atoms with Crippen LogP contribution < -0.4 is 5.32 Å². The lowest BCUT2D eigenvalue weighted by molar-refractivity contribution is 0.0941. The van der Waals surface area contributed by atoms with Crippen LogP contribution in [0.2, 0.25) is 0 Å². The van der Waals surface area contributed by atoms with E-state index >= 15 is 0 Å². The van der Waals surface area contributed by atoms with Gasteiger partial charge in [-0.3, -0.25) is 4.79 Å². The molecule has 0 spiro atoms. The highest BCUT2D eigenvalue weighted by atomic mass is 32.2. The van der Waals surface area contributed by atoms with Crippen molar-refractivity contribution >= 4 is 15.9 Å². The van der Waals surface area contributed by atoms with Gasteiger partial charge in [0, 0.05) is 38.1 Å². The fraction of sp³-hybridized carbons (Fsp3) is 0.273. The highest BCUT2D eigenvalue weighted by Gasteiger charge is 2.28. The van der Waals surface area contributed by atoms with Gasteiger partial charge in [0.15, 0.2) is 0 Å². The first kappa shape index (κ1) is 21.2. The summed E-state index contributed by atoms with van der Waals surface area (Å²) in [6.07, 6.45) is 5.04. The molecule has 0 unspecified atom stereocenters. The van der Waals surface area contributed by atoms with E-state index < -0.39 is 22.0 Å². The molecule has 0 aliphatic carbocycles. The van der Waals surface area contributed by atoms with Crippen LogP contribution in [-0.4, -0.2) is 41.3 Å². The van der Waals surface area contributed by atoms with E-state index in [1.165, 1.54) is 28.6 Å². The van der Waals surface area contributed by atoms with E-state index in [4.69, 9.17) is 0 Å². The molecule has 1 fully saturated rings. The maximum Gasteiger partial charge on any atom is 0.252 e. The van der Waals surface area contributed by atoms with Crippen LogP contribution in [0.1, 0.15) is 40.6 Å². The summed E-state index contributed by atoms with van der Waals surface area (Å²) < 4.78 is 42.3. The molecule has 1 N–H and O–H groups in total. The Morgan fingerprint density at radius 3 is 2.48 bits per heavy atom. The number of aryl methyl sites for hydroxylation is 1. The molecular weight excluding hydrogens is 419 g/mol. The number of rotatable bonds is 6. The van der Waals surface area contributed by atoms with Gasteiger partial charge in [-0.1, -0.05) is 18.2 Å². The van der Waals surface area contributed by atoms with Gasteiger partial charge in [-0.15, -0.1) is 0 Å². The number of benzene rings is 2. The first-order valence-electron chi connectivity index (χ1n) is 10.00. The number of sulfonamides is 1. The molecule has 7 nitrogen and oxygen atoms in total. The molecule has 1 atom stereocenters. The molecule has 1 aliphatic rings. The summed E-state index contributed by atoms with van der Waals surface area (Å²) in [7, 11) is -1.83. The van der Waals surface area contributed by atoms with E-state index in [-0.39, 0.29) is 16.3 Å². The number of imidazole rings is 1. The Bertz CT molecular complexity index is 1190. The van der Waals surface area contributed by atoms with Crippen LogP contribution in [0.25, 0.3) is 0 Å². The van der Waals surface area contributed by atoms with Crippen LogP contribution in [0.3, 0.4) is 0 Å². The van der Waals surface area contributed by atoms with E-state index in [2.05, 4.69) is 10.3 Å². The summed E-state index contributed by atoms with van der Waals surface area (Å²) in [6.45, 7) is 0.981. The molecule has 2 heterocycles. The van der Waals surface area contributed by atoms with Gasteiger partial charge in [0.25, 0.3) is 5.91 Å². The van der Waals surface area contributed by atoms with Gasteiger partial charge < -0.3 is 9.88 Å². The van der Waals surface area contributed by atoms with E-state index in [0.717, 1.165) is 12.8 Å². The molecule has 1 aliphatic heterocycles. The minimum atomic E-state index is -3.63. The predicted molar refractivity (Wildman–Crippen MR) is 113 cm³/mol. The van der Waals surface area contributed by atoms with Gasteiger partial charge in [-0.05, 0) is 48.7 Å². The van der Waals surface area contributed by atoms with E-state index in [1.807, 2.05) is 0 Å². The smallest absolute Gasteiger partial charge is 0.252 e. The molecule has 1 saturated heterocycles. The average Bonchev–Trinajstić information content (AvgIpc) is 3.45. The number of carbonyl (C=O) groups is 1. The second-order valence-electron chi connectivity index (χ2n) is 7.49. The monoisotopic (exact) mass is 442 g/mol. The summed E-state index contributed by atoms with van der Waals surface area (Å²) >= 11 is 0. The van der Waals surface area contributed by atoms with Crippen LogP contribution >= 0.6 is 0 Å². The second-order valence-corrected chi connectivity index (χ2v) is 9.43. The molecule has 0 saturated carbocycles. The highest BCUT2D eigenvalue weighted by Crippen LogP contribution is 2.24. The zero-order chi connectivity index (χ0) is 22.0. The molecule has 0 radical (unpaired) electrons. The van der Waals surface area contributed by atoms with E-state index in [9.17, 15) is 17.6 Å². The Kier molecular flexibility index (Phi) is 5.88. The molecule has 4 rings (SSSR count). The van der Waals surface area contributed by atoms with Crippen molar-refractivity contribution < 1.29 is 17.6 Å². The minimum Gasteiger partial charge on any atom is -0.338 e. The number of nitrogens with zero attached hydrogens (tertiary/aromatic N) is 3. The van der Waals surface area contributed by atoms with Crippen molar-refractivity contribution in [3.05, 3.63) is 83.7 Å². The number of halogens is 1. The Hall–Kier alpha value is -3.04. The molecule has 2 aromatic carbocycles. The molecule has 1 aromatic heterocycles. The largest absolute Gasteiger partial charge is 0.338 e. The normalized spacial score (nSPS) is 15.7. The Balaban J connectivity index is 1.63. The number of hydrogen-bond acceptors (Lipinski definition) is 4. The van der Waals surface area contributed by atoms with Gasteiger partial charge in [-0.2, -0.15) is 4.31 Å². The number of nitrogens with one attached hydrogen (secondary N) is 1. The van der Waals surface area contributed by atoms with Crippen molar-refractivity contribution in [2.24, 2.45) is 7.05 Å². The number of amides is 1. The lowest BCUT2D eigenvalue weighted by Crippen LogP contribution is -2.31. The second kappa shape index (κ2) is 8.60. The van der Waals surface area contributed by atoms with Gasteiger partial charge in [0.2, 0.25) is 10.0 Å². The molecule has 1 amide bonds. The maximum absolute atomic E-state index is 13.4. The van der Waals surface area contributed by atoms with Crippen molar-refractivity contribution in [1.82, 2.24) is 19.2 Å². The summed E-state index contributed by atoms with van der Waals surface area (Å²) in [5.41, 5.74) is 0.881. The summed E-state index contributed by atoms with van der Waals surface area (Å²) in [5, 5.41) is 2.91. The minimum absolute atomic E-state index is 0.0948. The lowest BCUT2D eigenvalue weighted by Gasteiger charge is -2.20. The Morgan fingerprint density at radius 1 is 1.13 bits per heavy atom. The van der Waals surface area contributed by atoms with Crippen molar-refractivity contribution in [3.63, 3.8) is 0 Å². The van der Waals surface area contributed by atoms with Crippen LogP contribution in [0, 0.1) is 5.82 Å². The lowest BCUT2D eigenvalue weighted by atomic mass is 10.1. The SMILES string of the molecule is Cn1ccnc1[C@@H](NC(=O)c1cccc(S(=O)(=O)N2CCCC2)c1)c1ccc(F)cc1. The topological polar surface area (TPSA) is 84.3 Å². The third kappa shape index (κ3) is 4.38. The van der Waals surface area contributed by atoms with Crippen LogP contribution in [-0.2, 0) is 17.1 Å². The number of hydrogen-bond donors (Lipinski definition) is 1. The summed E-state index contributed by atoms with van der Waals surface area (Å²) in [6, 6.07) is 11.2. The quantitative estimate of drug-likeness (QED) is 0.636. The molecule has 9 heteroatoms. The third-order valence-electron chi connectivity index (χ3n) is 5.39. The highest BCUT2D eigenvalue weighted by molar-refractivity contribution is 7.89. The zero-order valence-corrected chi connectivity index (χ0v) is 17.8. The number of aromatic nitrogens is 2. The molecule has 3 aromatic rings. The predicted octanol–water partition coefficient (Wildman–Crippen LogP) is 2.86. The summed E-state index contributed by atoms with van der Waals surface area (Å²) in [5.74, 6) is -0.259. The van der Waals surface area contributed by atoms with Gasteiger partial charge in [-0.25, -0.2) is 17.8 Å². The first-order valence-corrected chi connectivity index (χ1v) is 11.4. The van der Waals surface area contributed by atoms with Crippen LogP contribution in [0.15, 0.2) is 65.8 Å². The third-order valence-corrected chi connectivity index (χ3v) is 7.29. The van der Waals surface area contributed by atoms with Crippen molar-refractivity contribution in [3.8, 4) is 0 Å². The van der Waals surface area contributed by atoms with Gasteiger partial charge in [0.1, 0.15) is 17.7 Å². The van der Waals surface area contributed by atoms with Crippen LogP contribution in [0.5, 0.6) is 0 Å². The maximum atomic E-state index is 13.4. The molecule has 31 heavy (non-hydrogen) atoms. The first-order chi connectivity index (χ1) is 14.9. The van der Waals surface area contributed by atoms with Gasteiger partial charge >= 0.3 is 0 Å². The van der Waals surface area contributed by atoms with E-state index in [0.29, 0.717) is 24.5 Å². The van der Waals surface area contributed by atoms with Crippen molar-refractivity contribution in [2.75, 3.05) is 13.1 Å². The average molecular weight is 443 g/mol. The van der Waals surface area contributed by atoms with E-state index in [1.54, 1.807) is 48.3 Å². The fourth-order valence-electron chi connectivity index (χ4n) is 3.70. The molecule has 162 valence electrons. The fourth-order valence-corrected chi connectivity index (χ4v) is 5.26. The van der Waals surface area contributed by atoms with Crippen LogP contribution in [0.4, 0.5) is 4.39 Å². The Morgan fingerprint density at radius 2 is 1.84 bits per heavy atom. The Labute approximate surface area is 180 Å². The zero-order valence-electron chi connectivity index (χ0n) is 17.0. The van der Waals surface area contributed by atoms with Crippen molar-refractivity contribution in [1.29, 1.82) is 0 Å². The van der Waals surface area contributed by atoms with Gasteiger partial charge in [0.05, 0.1) is 4.90 Å². The summed E-state index contributed by atoms with van der Waals surface area (Å²) in [4.78, 5) is 17.5. The number of carbonyl (C=O) groups excluding carboxylic acids is 1. The molecule has 0 bridgehead atoms. The van der Waals surface area contributed by atoms with Crippen molar-refractivity contribution in [2.45, 2.75) is 23.8 Å². The molecular formula is C22H23FN4O3S. The standard InChI is InChI=1S/C22H23FN4O3S/c1-26-14-11-24-21(26)20(16-7-9-18(23)10-8-16)25-22(28)17-5-4-6-19(15-17)31(29,30)27-12-2-3-13-27/h4-11,14-15,20H,2-3,12-13H2,1H3,(H,25,28)/t20-/m0/s1.